The fourth-order valence-electron chi connectivity index (χ4n) is 1.54. The van der Waals surface area contributed by atoms with Crippen LogP contribution in [0.25, 0.3) is 0 Å². The van der Waals surface area contributed by atoms with Crippen molar-refractivity contribution in [2.24, 2.45) is 10.8 Å². The maximum Gasteiger partial charge on any atom is 2.00 e. The average molecular weight is 683 g/mol. The quantitative estimate of drug-likeness (QED) is 0.0453. The Morgan fingerprint density at radius 3 is 0.822 bits per heavy atom. The summed E-state index contributed by atoms with van der Waals surface area (Å²) in [6, 6.07) is 0. The second kappa shape index (κ2) is 29.5. The number of carbonyl (C=O) groups excluding carboxylic acids is 2. The Morgan fingerprint density at radius 1 is 0.533 bits per heavy atom. The maximum absolute atomic E-state index is 11.0. The summed E-state index contributed by atoms with van der Waals surface area (Å²) >= 11 is 0. The summed E-state index contributed by atoms with van der Waals surface area (Å²) in [4.78, 5) is 60.2. The summed E-state index contributed by atoms with van der Waals surface area (Å²) in [6.45, 7) is 6.52. The SMILES string of the molecule is C=C(C)C(=O)OCC(CO)(CO)CO.C=C(C)C(=O)OCC(CO)(CO)CO.O=C(O)/C=C\C(=O)O.O=C(O)/C=C\C(=O)O.[Ca+2].[H-].[H-]. The molecular weight excluding hydrogens is 640 g/mol. The smallest absolute Gasteiger partial charge is 1.00 e. The molecule has 0 spiro atoms. The monoisotopic (exact) mass is 682 g/mol. The van der Waals surface area contributed by atoms with E-state index in [4.69, 9.17) is 60.5 Å². The molecule has 0 aromatic heterocycles. The Balaban J connectivity index is -0.0000000917. The minimum atomic E-state index is -1.26. The van der Waals surface area contributed by atoms with Crippen LogP contribution in [0.4, 0.5) is 0 Å². The molecule has 256 valence electrons. The summed E-state index contributed by atoms with van der Waals surface area (Å²) in [7, 11) is 0. The average Bonchev–Trinajstić information content (AvgIpc) is 2.97. The zero-order valence-electron chi connectivity index (χ0n) is 26.8. The summed E-state index contributed by atoms with van der Waals surface area (Å²) in [6.07, 6.45) is 2.23. The van der Waals surface area contributed by atoms with E-state index in [0.717, 1.165) is 0 Å². The molecule has 0 heterocycles. The van der Waals surface area contributed by atoms with Crippen molar-refractivity contribution in [2.45, 2.75) is 13.8 Å². The number of aliphatic carboxylic acids is 4. The van der Waals surface area contributed by atoms with Gasteiger partial charge in [0.05, 0.1) is 50.5 Å². The largest absolute Gasteiger partial charge is 2.00 e. The van der Waals surface area contributed by atoms with Crippen LogP contribution in [0.2, 0.25) is 0 Å². The number of ether oxygens (including phenoxy) is 2. The Bertz CT molecular complexity index is 893. The third-order valence-electron chi connectivity index (χ3n) is 4.47. The van der Waals surface area contributed by atoms with E-state index in [9.17, 15) is 28.8 Å². The molecule has 0 amide bonds. The zero-order chi connectivity index (χ0) is 35.5. The Kier molecular flexibility index (Phi) is 33.7. The van der Waals surface area contributed by atoms with E-state index in [1.807, 2.05) is 0 Å². The number of aliphatic hydroxyl groups is 6. The van der Waals surface area contributed by atoms with E-state index < -0.39 is 86.3 Å². The first-order chi connectivity index (χ1) is 20.3. The van der Waals surface area contributed by atoms with E-state index >= 15 is 0 Å². The second-order valence-electron chi connectivity index (χ2n) is 8.68. The van der Waals surface area contributed by atoms with Gasteiger partial charge in [-0.1, -0.05) is 13.2 Å². The van der Waals surface area contributed by atoms with Crippen LogP contribution in [0.3, 0.4) is 0 Å². The molecule has 0 radical (unpaired) electrons. The van der Waals surface area contributed by atoms with E-state index in [2.05, 4.69) is 13.2 Å². The number of rotatable bonds is 16. The second-order valence-corrected chi connectivity index (χ2v) is 8.68. The number of carboxylic acid groups (broad SMARTS) is 4. The van der Waals surface area contributed by atoms with Crippen molar-refractivity contribution in [1.29, 1.82) is 0 Å². The van der Waals surface area contributed by atoms with Gasteiger partial charge in [-0.05, 0) is 13.8 Å². The first kappa shape index (κ1) is 51.4. The zero-order valence-corrected chi connectivity index (χ0v) is 27.0. The third-order valence-corrected chi connectivity index (χ3v) is 4.47. The third kappa shape index (κ3) is 30.6. The van der Waals surface area contributed by atoms with E-state index in [1.165, 1.54) is 13.8 Å². The fraction of sp³-hybridized carbons (Fsp3) is 0.462. The van der Waals surface area contributed by atoms with Crippen molar-refractivity contribution in [3.05, 3.63) is 48.6 Å². The van der Waals surface area contributed by atoms with Crippen molar-refractivity contribution in [3.63, 3.8) is 0 Å². The molecule has 0 aliphatic carbocycles. The number of esters is 2. The van der Waals surface area contributed by atoms with Crippen LogP contribution in [0.15, 0.2) is 48.6 Å². The topological polar surface area (TPSA) is 323 Å². The molecule has 0 rings (SSSR count). The molecule has 0 saturated heterocycles. The number of hydrogen-bond acceptors (Lipinski definition) is 14. The fourth-order valence-corrected chi connectivity index (χ4v) is 1.54. The van der Waals surface area contributed by atoms with Crippen molar-refractivity contribution in [3.8, 4) is 0 Å². The van der Waals surface area contributed by atoms with Gasteiger partial charge in [0.1, 0.15) is 13.2 Å². The molecule has 0 bridgehead atoms. The molecule has 45 heavy (non-hydrogen) atoms. The minimum absolute atomic E-state index is 0. The molecule has 10 N–H and O–H groups in total. The molecular formula is C26H42CaO18. The minimum Gasteiger partial charge on any atom is -1.00 e. The van der Waals surface area contributed by atoms with Gasteiger partial charge in [0.15, 0.2) is 0 Å². The van der Waals surface area contributed by atoms with Gasteiger partial charge in [0.25, 0.3) is 0 Å². The van der Waals surface area contributed by atoms with Gasteiger partial charge in [-0.25, -0.2) is 28.8 Å². The molecule has 0 fully saturated rings. The summed E-state index contributed by atoms with van der Waals surface area (Å²) in [5.41, 5.74) is -1.89. The van der Waals surface area contributed by atoms with Gasteiger partial charge >= 0.3 is 73.6 Å². The Labute approximate surface area is 290 Å². The number of carboxylic acids is 4. The molecule has 19 heteroatoms. The maximum atomic E-state index is 11.0. The van der Waals surface area contributed by atoms with Crippen LogP contribution in [0.5, 0.6) is 0 Å². The van der Waals surface area contributed by atoms with Crippen LogP contribution in [0, 0.1) is 10.8 Å². The number of carbonyl (C=O) groups is 6. The van der Waals surface area contributed by atoms with Crippen LogP contribution in [-0.4, -0.2) is 177 Å². The molecule has 0 saturated carbocycles. The molecule has 18 nitrogen and oxygen atoms in total. The summed E-state index contributed by atoms with van der Waals surface area (Å²) in [5.74, 6) is -6.24. The molecule has 0 aromatic carbocycles. The first-order valence-electron chi connectivity index (χ1n) is 11.9. The van der Waals surface area contributed by atoms with Crippen molar-refractivity contribution < 1.29 is 92.2 Å². The van der Waals surface area contributed by atoms with Crippen molar-refractivity contribution in [1.82, 2.24) is 0 Å². The standard InChI is InChI=1S/2C9H16O5.2C4H4O4.Ca.2H/c2*1-7(2)8(13)14-6-9(3-10,4-11)5-12;2*5-3(6)1-2-4(7)8;;;/h2*10-12H,1,3-6H2,2H3;2*1-2H,(H,5,6)(H,7,8);;;/q;;;;+2;2*-1/b;;2*2-1-;;;. The van der Waals surface area contributed by atoms with Crippen LogP contribution in [0.1, 0.15) is 16.7 Å². The molecule has 0 aromatic rings. The predicted octanol–water partition coefficient (Wildman–Crippen LogP) is -2.59. The van der Waals surface area contributed by atoms with Gasteiger partial charge < -0.3 is 63.4 Å². The van der Waals surface area contributed by atoms with Crippen LogP contribution >= 0.6 is 0 Å². The van der Waals surface area contributed by atoms with Crippen LogP contribution in [-0.2, 0) is 38.2 Å². The first-order valence-corrected chi connectivity index (χ1v) is 11.9. The van der Waals surface area contributed by atoms with Gasteiger partial charge in [-0.15, -0.1) is 0 Å². The van der Waals surface area contributed by atoms with Gasteiger partial charge in [0.2, 0.25) is 0 Å². The predicted molar refractivity (Wildman–Crippen MR) is 156 cm³/mol. The molecule has 0 unspecified atom stereocenters. The normalized spacial score (nSPS) is 10.3. The molecule has 0 aliphatic heterocycles. The molecule has 0 atom stereocenters. The van der Waals surface area contributed by atoms with Gasteiger partial charge in [-0.3, -0.25) is 0 Å². The van der Waals surface area contributed by atoms with Gasteiger partial charge in [-0.2, -0.15) is 0 Å². The Morgan fingerprint density at radius 2 is 0.711 bits per heavy atom. The number of hydrogen-bond donors (Lipinski definition) is 10. The number of aliphatic hydroxyl groups excluding tert-OH is 6. The molecule has 0 aliphatic rings. The van der Waals surface area contributed by atoms with E-state index in [1.54, 1.807) is 0 Å². The van der Waals surface area contributed by atoms with E-state index in [-0.39, 0.29) is 65.0 Å². The Hall–Kier alpha value is -3.20. The van der Waals surface area contributed by atoms with Crippen molar-refractivity contribution >= 4 is 73.6 Å². The van der Waals surface area contributed by atoms with Gasteiger partial charge in [0, 0.05) is 35.5 Å². The van der Waals surface area contributed by atoms with Crippen LogP contribution < -0.4 is 0 Å². The summed E-state index contributed by atoms with van der Waals surface area (Å²) < 4.78 is 9.45. The summed E-state index contributed by atoms with van der Waals surface area (Å²) in [5, 5.41) is 84.6. The van der Waals surface area contributed by atoms with E-state index in [0.29, 0.717) is 24.3 Å². The van der Waals surface area contributed by atoms with Crippen molar-refractivity contribution in [2.75, 3.05) is 52.9 Å².